The second-order valence-corrected chi connectivity index (χ2v) is 12.2. The van der Waals surface area contributed by atoms with E-state index in [1.165, 1.54) is 13.2 Å². The average molecular weight is 549 g/mol. The molecule has 0 aromatic heterocycles. The van der Waals surface area contributed by atoms with Crippen molar-refractivity contribution in [3.05, 3.63) is 83.2 Å². The largest absolute Gasteiger partial charge is 0.497 e. The van der Waals surface area contributed by atoms with Crippen LogP contribution in [-0.4, -0.2) is 23.3 Å². The van der Waals surface area contributed by atoms with Crippen LogP contribution in [0.1, 0.15) is 88.5 Å². The summed E-state index contributed by atoms with van der Waals surface area (Å²) >= 11 is 0. The summed E-state index contributed by atoms with van der Waals surface area (Å²) in [5.74, 6) is -0.0477. The first-order valence-corrected chi connectivity index (χ1v) is 14.0. The number of aliphatic hydroxyl groups excluding tert-OH is 1. The number of ether oxygens (including phenoxy) is 2. The third-order valence-electron chi connectivity index (χ3n) is 8.24. The predicted molar refractivity (Wildman–Crippen MR) is 155 cm³/mol. The van der Waals surface area contributed by atoms with Gasteiger partial charge < -0.3 is 19.7 Å². The van der Waals surface area contributed by atoms with Crippen LogP contribution >= 0.6 is 0 Å². The molecule has 0 radical (unpaired) electrons. The van der Waals surface area contributed by atoms with Gasteiger partial charge in [0.2, 0.25) is 0 Å². The summed E-state index contributed by atoms with van der Waals surface area (Å²) < 4.78 is 26.4. The molecule has 2 N–H and O–H groups in total. The van der Waals surface area contributed by atoms with E-state index in [-0.39, 0.29) is 24.4 Å². The zero-order valence-electron chi connectivity index (χ0n) is 24.2. The van der Waals surface area contributed by atoms with Gasteiger partial charge in [-0.2, -0.15) is 0 Å². The van der Waals surface area contributed by atoms with Crippen molar-refractivity contribution in [1.82, 2.24) is 0 Å². The maximum absolute atomic E-state index is 14.9. The first-order valence-electron chi connectivity index (χ1n) is 14.0. The van der Waals surface area contributed by atoms with Gasteiger partial charge in [0.25, 0.3) is 0 Å². The highest BCUT2D eigenvalue weighted by Crippen LogP contribution is 2.55. The molecule has 0 unspecified atom stereocenters. The molecular weight excluding hydrogens is 507 g/mol. The first-order chi connectivity index (χ1) is 18.9. The smallest absolute Gasteiger partial charge is 0.303 e. The maximum atomic E-state index is 14.9. The lowest BCUT2D eigenvalue weighted by molar-refractivity contribution is -0.137. The molecule has 0 amide bonds. The van der Waals surface area contributed by atoms with Crippen molar-refractivity contribution in [2.75, 3.05) is 7.11 Å². The van der Waals surface area contributed by atoms with Crippen LogP contribution in [0.2, 0.25) is 0 Å². The highest BCUT2D eigenvalue weighted by molar-refractivity contribution is 5.70. The quantitative estimate of drug-likeness (QED) is 0.238. The van der Waals surface area contributed by atoms with Crippen LogP contribution < -0.4 is 9.47 Å². The van der Waals surface area contributed by atoms with Crippen molar-refractivity contribution in [1.29, 1.82) is 0 Å². The van der Waals surface area contributed by atoms with Crippen molar-refractivity contribution in [3.63, 3.8) is 0 Å². The zero-order valence-corrected chi connectivity index (χ0v) is 24.2. The molecule has 0 saturated heterocycles. The Balaban J connectivity index is 1.60. The van der Waals surface area contributed by atoms with Crippen LogP contribution in [0.3, 0.4) is 0 Å². The van der Waals surface area contributed by atoms with E-state index in [1.807, 2.05) is 63.2 Å². The number of carbonyl (C=O) groups is 1. The summed E-state index contributed by atoms with van der Waals surface area (Å²) in [6.45, 7) is 8.25. The number of hydrogen-bond donors (Lipinski definition) is 2. The number of benzene rings is 3. The Hall–Kier alpha value is -3.38. The molecule has 0 aliphatic heterocycles. The van der Waals surface area contributed by atoms with Crippen molar-refractivity contribution in [2.45, 2.75) is 78.4 Å². The van der Waals surface area contributed by atoms with Crippen LogP contribution in [0.4, 0.5) is 4.39 Å². The van der Waals surface area contributed by atoms with Crippen LogP contribution in [0.25, 0.3) is 11.1 Å². The average Bonchev–Trinajstić information content (AvgIpc) is 3.70. The predicted octanol–water partition coefficient (Wildman–Crippen LogP) is 8.30. The van der Waals surface area contributed by atoms with Gasteiger partial charge in [-0.25, -0.2) is 4.39 Å². The van der Waals surface area contributed by atoms with Gasteiger partial charge >= 0.3 is 5.97 Å². The van der Waals surface area contributed by atoms with Crippen LogP contribution in [0, 0.1) is 16.6 Å². The Labute approximate surface area is 237 Å². The standard InChI is InChI=1S/C34H41FO5/c1-6-34(14-15-34)20-24(18-31(36)37)23-8-7-9-26(17-23)40-21-22-10-12-27(29(16-22)32(38)33(2,3)4)28-19-25(39-5)11-13-30(28)35/h7-13,16-17,19,24,32,38H,6,14-15,18,20-21H2,1-5H3,(H,36,37)/t24-,32+/m1/s1. The number of aliphatic carboxylic acids is 1. The number of halogens is 1. The van der Waals surface area contributed by atoms with E-state index >= 15 is 0 Å². The normalized spacial score (nSPS) is 15.8. The van der Waals surface area contributed by atoms with E-state index in [2.05, 4.69) is 6.92 Å². The molecular formula is C34H41FO5. The Morgan fingerprint density at radius 2 is 1.77 bits per heavy atom. The lowest BCUT2D eigenvalue weighted by atomic mass is 9.81. The van der Waals surface area contributed by atoms with Crippen LogP contribution in [0.5, 0.6) is 11.5 Å². The monoisotopic (exact) mass is 548 g/mol. The van der Waals surface area contributed by atoms with Crippen LogP contribution in [0.15, 0.2) is 60.7 Å². The minimum atomic E-state index is -0.846. The Morgan fingerprint density at radius 3 is 2.40 bits per heavy atom. The van der Waals surface area contributed by atoms with E-state index < -0.39 is 23.3 Å². The molecule has 40 heavy (non-hydrogen) atoms. The SMILES string of the molecule is CCC1(C[C@@H](CC(=O)O)c2cccc(OCc3ccc(-c4cc(OC)ccc4F)c([C@H](O)C(C)(C)C)c3)c2)CC1. The summed E-state index contributed by atoms with van der Waals surface area (Å²) in [6.07, 6.45) is 3.51. The minimum absolute atomic E-state index is 0.0610. The van der Waals surface area contributed by atoms with E-state index in [9.17, 15) is 19.4 Å². The van der Waals surface area contributed by atoms with Crippen molar-refractivity contribution >= 4 is 5.97 Å². The third kappa shape index (κ3) is 7.03. The molecule has 4 rings (SSSR count). The molecule has 2 atom stereocenters. The molecule has 1 saturated carbocycles. The Bertz CT molecular complexity index is 1340. The van der Waals surface area contributed by atoms with E-state index in [0.717, 1.165) is 36.8 Å². The highest BCUT2D eigenvalue weighted by Gasteiger charge is 2.42. The molecule has 3 aromatic carbocycles. The number of methoxy groups -OCH3 is 1. The van der Waals surface area contributed by atoms with Crippen molar-refractivity contribution < 1.29 is 28.9 Å². The van der Waals surface area contributed by atoms with Gasteiger partial charge in [0.15, 0.2) is 0 Å². The van der Waals surface area contributed by atoms with Gasteiger partial charge in [-0.05, 0) is 94.7 Å². The molecule has 214 valence electrons. The first kappa shape index (κ1) is 29.6. The lowest BCUT2D eigenvalue weighted by Gasteiger charge is -2.28. The molecule has 1 aliphatic rings. The number of aliphatic hydroxyl groups is 1. The highest BCUT2D eigenvalue weighted by atomic mass is 19.1. The van der Waals surface area contributed by atoms with Gasteiger partial charge in [0, 0.05) is 5.56 Å². The van der Waals surface area contributed by atoms with Gasteiger partial charge in [-0.1, -0.05) is 58.4 Å². The summed E-state index contributed by atoms with van der Waals surface area (Å²) in [5.41, 5.74) is 3.19. The van der Waals surface area contributed by atoms with Crippen LogP contribution in [-0.2, 0) is 11.4 Å². The number of hydrogen-bond acceptors (Lipinski definition) is 4. The molecule has 0 bridgehead atoms. The maximum Gasteiger partial charge on any atom is 0.303 e. The summed E-state index contributed by atoms with van der Waals surface area (Å²) in [6, 6.07) is 17.9. The van der Waals surface area contributed by atoms with Gasteiger partial charge in [0.1, 0.15) is 23.9 Å². The summed E-state index contributed by atoms with van der Waals surface area (Å²) in [4.78, 5) is 11.6. The molecule has 1 aliphatic carbocycles. The van der Waals surface area contributed by atoms with Crippen molar-refractivity contribution in [2.24, 2.45) is 10.8 Å². The van der Waals surface area contributed by atoms with Crippen molar-refractivity contribution in [3.8, 4) is 22.6 Å². The van der Waals surface area contributed by atoms with Gasteiger partial charge in [-0.15, -0.1) is 0 Å². The van der Waals surface area contributed by atoms with E-state index in [1.54, 1.807) is 12.1 Å². The van der Waals surface area contributed by atoms with Gasteiger partial charge in [-0.3, -0.25) is 4.79 Å². The molecule has 0 heterocycles. The second kappa shape index (κ2) is 12.0. The second-order valence-electron chi connectivity index (χ2n) is 12.2. The summed E-state index contributed by atoms with van der Waals surface area (Å²) in [5, 5.41) is 20.8. The number of rotatable bonds is 12. The molecule has 1 fully saturated rings. The Morgan fingerprint density at radius 1 is 1.02 bits per heavy atom. The lowest BCUT2D eigenvalue weighted by Crippen LogP contribution is -2.19. The Kier molecular flexibility index (Phi) is 8.89. The number of carboxylic acids is 1. The molecule has 5 nitrogen and oxygen atoms in total. The molecule has 0 spiro atoms. The molecule has 3 aromatic rings. The van der Waals surface area contributed by atoms with E-state index in [4.69, 9.17) is 9.47 Å². The molecule has 6 heteroatoms. The third-order valence-corrected chi connectivity index (χ3v) is 8.24. The van der Waals surface area contributed by atoms with E-state index in [0.29, 0.717) is 28.2 Å². The topological polar surface area (TPSA) is 76.0 Å². The zero-order chi connectivity index (χ0) is 29.1. The summed E-state index contributed by atoms with van der Waals surface area (Å²) in [7, 11) is 1.54. The fraction of sp³-hybridized carbons (Fsp3) is 0.441. The minimum Gasteiger partial charge on any atom is -0.497 e. The number of carboxylic acid groups (broad SMARTS) is 1. The fourth-order valence-electron chi connectivity index (χ4n) is 5.42. The fourth-order valence-corrected chi connectivity index (χ4v) is 5.42. The van der Waals surface area contributed by atoms with Gasteiger partial charge in [0.05, 0.1) is 19.6 Å².